The fraction of sp³-hybridized carbons (Fsp3) is 0.167. The van der Waals surface area contributed by atoms with Crippen LogP contribution in [0, 0.1) is 0 Å². The Hall–Kier alpha value is -4.01. The molecule has 1 N–H and O–H groups in total. The number of alkyl halides is 3. The van der Waals surface area contributed by atoms with Gasteiger partial charge in [-0.1, -0.05) is 30.3 Å². The van der Waals surface area contributed by atoms with Crippen molar-refractivity contribution in [3.05, 3.63) is 78.0 Å². The maximum atomic E-state index is 13.3. The molecule has 1 aliphatic heterocycles. The van der Waals surface area contributed by atoms with Crippen LogP contribution in [0.4, 0.5) is 18.9 Å². The number of hydrogen-bond acceptors (Lipinski definition) is 6. The van der Waals surface area contributed by atoms with Crippen molar-refractivity contribution in [3.63, 3.8) is 0 Å². The van der Waals surface area contributed by atoms with E-state index in [0.29, 0.717) is 5.75 Å². The lowest BCUT2D eigenvalue weighted by Crippen LogP contribution is -2.42. The lowest BCUT2D eigenvalue weighted by Gasteiger charge is -2.29. The Morgan fingerprint density at radius 1 is 0.909 bits per heavy atom. The zero-order chi connectivity index (χ0) is 23.8. The molecule has 6 nitrogen and oxygen atoms in total. The molecule has 3 aromatic rings. The first-order chi connectivity index (χ1) is 15.5. The quantitative estimate of drug-likeness (QED) is 0.304. The number of anilines is 1. The summed E-state index contributed by atoms with van der Waals surface area (Å²) in [4.78, 5) is 24.3. The number of cyclic esters (lactones) is 2. The SMILES string of the molecule is CC1(C)OC(=O)C(=CNc2cc(C(F)(F)F)ccc2Oc2ccc3ccccc3c2)C(=O)O1. The molecule has 1 fully saturated rings. The van der Waals surface area contributed by atoms with E-state index in [1.165, 1.54) is 13.8 Å². The van der Waals surface area contributed by atoms with Crippen LogP contribution in [0.1, 0.15) is 19.4 Å². The Kier molecular flexibility index (Phi) is 5.49. The number of carbonyl (C=O) groups is 2. The lowest BCUT2D eigenvalue weighted by molar-refractivity contribution is -0.222. The van der Waals surface area contributed by atoms with Gasteiger partial charge in [-0.3, -0.25) is 0 Å². The molecule has 0 atom stereocenters. The van der Waals surface area contributed by atoms with E-state index in [1.54, 1.807) is 12.1 Å². The summed E-state index contributed by atoms with van der Waals surface area (Å²) in [6.07, 6.45) is -3.68. The van der Waals surface area contributed by atoms with Crippen LogP contribution < -0.4 is 10.1 Å². The van der Waals surface area contributed by atoms with Gasteiger partial charge in [0.15, 0.2) is 11.3 Å². The first-order valence-corrected chi connectivity index (χ1v) is 9.83. The Morgan fingerprint density at radius 2 is 1.58 bits per heavy atom. The van der Waals surface area contributed by atoms with Gasteiger partial charge in [-0.2, -0.15) is 13.2 Å². The third kappa shape index (κ3) is 4.92. The second-order valence-electron chi connectivity index (χ2n) is 7.70. The van der Waals surface area contributed by atoms with Gasteiger partial charge < -0.3 is 19.5 Å². The van der Waals surface area contributed by atoms with E-state index < -0.39 is 35.0 Å². The van der Waals surface area contributed by atoms with Crippen LogP contribution in [0.5, 0.6) is 11.5 Å². The van der Waals surface area contributed by atoms with Crippen LogP contribution >= 0.6 is 0 Å². The number of fused-ring (bicyclic) bond motifs is 1. The zero-order valence-electron chi connectivity index (χ0n) is 17.5. The van der Waals surface area contributed by atoms with Crippen LogP contribution in [0.15, 0.2) is 72.4 Å². The molecule has 3 aromatic carbocycles. The van der Waals surface area contributed by atoms with Crippen LogP contribution in [-0.2, 0) is 25.2 Å². The van der Waals surface area contributed by atoms with Crippen molar-refractivity contribution in [3.8, 4) is 11.5 Å². The van der Waals surface area contributed by atoms with Crippen LogP contribution in [-0.4, -0.2) is 17.7 Å². The molecule has 0 saturated carbocycles. The summed E-state index contributed by atoms with van der Waals surface area (Å²) in [5.74, 6) is -2.93. The number of hydrogen-bond donors (Lipinski definition) is 1. The molecular weight excluding hydrogens is 439 g/mol. The van der Waals surface area contributed by atoms with Gasteiger partial charge in [-0.15, -0.1) is 0 Å². The van der Waals surface area contributed by atoms with E-state index >= 15 is 0 Å². The second kappa shape index (κ2) is 8.16. The summed E-state index contributed by atoms with van der Waals surface area (Å²) >= 11 is 0. The minimum Gasteiger partial charge on any atom is -0.455 e. The molecule has 0 unspecified atom stereocenters. The highest BCUT2D eigenvalue weighted by molar-refractivity contribution is 6.15. The molecule has 0 radical (unpaired) electrons. The van der Waals surface area contributed by atoms with Gasteiger partial charge >= 0.3 is 18.1 Å². The topological polar surface area (TPSA) is 73.9 Å². The molecule has 170 valence electrons. The smallest absolute Gasteiger partial charge is 0.416 e. The Morgan fingerprint density at radius 3 is 2.24 bits per heavy atom. The van der Waals surface area contributed by atoms with E-state index in [2.05, 4.69) is 5.32 Å². The number of ether oxygens (including phenoxy) is 3. The van der Waals surface area contributed by atoms with Crippen molar-refractivity contribution < 1.29 is 37.0 Å². The first-order valence-electron chi connectivity index (χ1n) is 9.83. The maximum Gasteiger partial charge on any atom is 0.416 e. The number of nitrogens with one attached hydrogen (secondary N) is 1. The van der Waals surface area contributed by atoms with Crippen LogP contribution in [0.2, 0.25) is 0 Å². The van der Waals surface area contributed by atoms with Gasteiger partial charge in [0.1, 0.15) is 5.75 Å². The van der Waals surface area contributed by atoms with Crippen LogP contribution in [0.25, 0.3) is 10.8 Å². The lowest BCUT2D eigenvalue weighted by atomic mass is 10.1. The minimum absolute atomic E-state index is 0.0491. The molecule has 0 aromatic heterocycles. The predicted molar refractivity (Wildman–Crippen MR) is 113 cm³/mol. The molecule has 33 heavy (non-hydrogen) atoms. The van der Waals surface area contributed by atoms with Crippen molar-refractivity contribution in [1.82, 2.24) is 0 Å². The summed E-state index contributed by atoms with van der Waals surface area (Å²) in [5.41, 5.74) is -1.55. The normalized spacial score (nSPS) is 15.6. The number of rotatable bonds is 4. The Balaban J connectivity index is 1.67. The Bertz CT molecular complexity index is 1260. The summed E-state index contributed by atoms with van der Waals surface area (Å²) in [6, 6.07) is 15.6. The number of halogens is 3. The molecule has 4 rings (SSSR count). The van der Waals surface area contributed by atoms with Crippen LogP contribution in [0.3, 0.4) is 0 Å². The fourth-order valence-corrected chi connectivity index (χ4v) is 3.19. The average molecular weight is 457 g/mol. The van der Waals surface area contributed by atoms with Gasteiger partial charge in [0.2, 0.25) is 0 Å². The summed E-state index contributed by atoms with van der Waals surface area (Å²) in [7, 11) is 0. The first kappa shape index (κ1) is 22.2. The monoisotopic (exact) mass is 457 g/mol. The molecule has 1 aliphatic rings. The highest BCUT2D eigenvalue weighted by Crippen LogP contribution is 2.37. The van der Waals surface area contributed by atoms with Crippen molar-refractivity contribution in [1.29, 1.82) is 0 Å². The highest BCUT2D eigenvalue weighted by Gasteiger charge is 2.39. The van der Waals surface area contributed by atoms with Crippen molar-refractivity contribution in [2.24, 2.45) is 0 Å². The average Bonchev–Trinajstić information content (AvgIpc) is 2.72. The fourth-order valence-electron chi connectivity index (χ4n) is 3.19. The molecular formula is C24H18F3NO5. The number of esters is 2. The van der Waals surface area contributed by atoms with E-state index in [-0.39, 0.29) is 11.4 Å². The highest BCUT2D eigenvalue weighted by atomic mass is 19.4. The molecule has 0 bridgehead atoms. The third-order valence-electron chi connectivity index (χ3n) is 4.74. The molecule has 0 amide bonds. The third-order valence-corrected chi connectivity index (χ3v) is 4.74. The van der Waals surface area contributed by atoms with Crippen molar-refractivity contribution >= 4 is 28.4 Å². The molecule has 0 aliphatic carbocycles. The zero-order valence-corrected chi connectivity index (χ0v) is 17.5. The van der Waals surface area contributed by atoms with Gasteiger partial charge in [0.05, 0.1) is 11.3 Å². The predicted octanol–water partition coefficient (Wildman–Crippen LogP) is 5.78. The van der Waals surface area contributed by atoms with Crippen molar-refractivity contribution in [2.45, 2.75) is 25.8 Å². The molecule has 1 heterocycles. The molecule has 9 heteroatoms. The summed E-state index contributed by atoms with van der Waals surface area (Å²) in [6.45, 7) is 2.77. The Labute approximate surface area is 186 Å². The largest absolute Gasteiger partial charge is 0.455 e. The van der Waals surface area contributed by atoms with E-state index in [9.17, 15) is 22.8 Å². The summed E-state index contributed by atoms with van der Waals surface area (Å²) in [5, 5.41) is 4.41. The number of carbonyl (C=O) groups excluding carboxylic acids is 2. The minimum atomic E-state index is -4.61. The maximum absolute atomic E-state index is 13.3. The molecule has 1 saturated heterocycles. The van der Waals surface area contributed by atoms with E-state index in [0.717, 1.165) is 35.2 Å². The van der Waals surface area contributed by atoms with E-state index in [1.807, 2.05) is 30.3 Å². The summed E-state index contributed by atoms with van der Waals surface area (Å²) < 4.78 is 55.6. The van der Waals surface area contributed by atoms with E-state index in [4.69, 9.17) is 14.2 Å². The van der Waals surface area contributed by atoms with Gasteiger partial charge in [-0.05, 0) is 41.1 Å². The van der Waals surface area contributed by atoms with Gasteiger partial charge in [0, 0.05) is 20.0 Å². The van der Waals surface area contributed by atoms with Gasteiger partial charge in [0.25, 0.3) is 5.79 Å². The second-order valence-corrected chi connectivity index (χ2v) is 7.70. The van der Waals surface area contributed by atoms with Crippen molar-refractivity contribution in [2.75, 3.05) is 5.32 Å². The number of benzene rings is 3. The van der Waals surface area contributed by atoms with Gasteiger partial charge in [-0.25, -0.2) is 9.59 Å². The standard InChI is InChI=1S/C24H18F3NO5/c1-23(2)32-21(29)18(22(30)33-23)13-28-19-12-16(24(25,26)27)8-10-20(19)31-17-9-7-14-5-3-4-6-15(14)11-17/h3-13,28H,1-2H3. The molecule has 0 spiro atoms.